The summed E-state index contributed by atoms with van der Waals surface area (Å²) in [6.07, 6.45) is 0. The molecule has 0 aliphatic heterocycles. The topological polar surface area (TPSA) is 54.6 Å². The van der Waals surface area contributed by atoms with Crippen molar-refractivity contribution in [3.63, 3.8) is 0 Å². The summed E-state index contributed by atoms with van der Waals surface area (Å²) in [4.78, 5) is 15.7. The van der Waals surface area contributed by atoms with Gasteiger partial charge in [0.1, 0.15) is 16.1 Å². The van der Waals surface area contributed by atoms with Crippen molar-refractivity contribution in [3.8, 4) is 0 Å². The van der Waals surface area contributed by atoms with Crippen molar-refractivity contribution in [2.45, 2.75) is 26.2 Å². The number of carboxylic acid groups (broad SMARTS) is 1. The average molecular weight is 297 g/mol. The maximum atomic E-state index is 11.2. The molecular weight excluding hydrogens is 284 g/mol. The van der Waals surface area contributed by atoms with Gasteiger partial charge in [0.15, 0.2) is 0 Å². The second-order valence-corrected chi connectivity index (χ2v) is 5.66. The van der Waals surface area contributed by atoms with Crippen LogP contribution < -0.4 is 0 Å². The Hall–Kier alpha value is -1.36. The molecule has 0 atom stereocenters. The summed E-state index contributed by atoms with van der Waals surface area (Å²) in [6, 6.07) is 5.15. The lowest BCUT2D eigenvalue weighted by Crippen LogP contribution is -2.18. The van der Waals surface area contributed by atoms with Gasteiger partial charge in [0.25, 0.3) is 0 Å². The van der Waals surface area contributed by atoms with E-state index in [9.17, 15) is 9.90 Å². The smallest absolute Gasteiger partial charge is 0.352 e. The quantitative estimate of drug-likeness (QED) is 0.880. The highest BCUT2D eigenvalue weighted by atomic mass is 79.9. The Morgan fingerprint density at radius 2 is 2.06 bits per heavy atom. The third-order valence-electron chi connectivity index (χ3n) is 2.51. The number of imidazole rings is 1. The predicted octanol–water partition coefficient (Wildman–Crippen LogP) is 3.09. The molecule has 90 valence electrons. The van der Waals surface area contributed by atoms with Crippen molar-refractivity contribution >= 4 is 27.4 Å². The van der Waals surface area contributed by atoms with Gasteiger partial charge in [0, 0.05) is 5.41 Å². The van der Waals surface area contributed by atoms with Crippen LogP contribution in [0.5, 0.6) is 0 Å². The molecule has 5 heteroatoms. The average Bonchev–Trinajstić information content (AvgIpc) is 2.56. The van der Waals surface area contributed by atoms with E-state index in [1.807, 2.05) is 26.8 Å². The molecule has 0 aromatic carbocycles. The van der Waals surface area contributed by atoms with E-state index in [2.05, 4.69) is 20.9 Å². The van der Waals surface area contributed by atoms with Crippen LogP contribution in [0.25, 0.3) is 5.52 Å². The fourth-order valence-corrected chi connectivity index (χ4v) is 2.25. The van der Waals surface area contributed by atoms with Crippen LogP contribution in [0.4, 0.5) is 0 Å². The Morgan fingerprint density at radius 3 is 2.59 bits per heavy atom. The van der Waals surface area contributed by atoms with Crippen LogP contribution >= 0.6 is 15.9 Å². The molecule has 2 aromatic heterocycles. The number of aromatic nitrogens is 2. The Bertz CT molecular complexity index is 596. The molecule has 2 aromatic rings. The number of hydrogen-bond acceptors (Lipinski definition) is 2. The monoisotopic (exact) mass is 296 g/mol. The van der Waals surface area contributed by atoms with Gasteiger partial charge in [-0.15, -0.1) is 0 Å². The van der Waals surface area contributed by atoms with Crippen molar-refractivity contribution < 1.29 is 9.90 Å². The Labute approximate surface area is 107 Å². The normalized spacial score (nSPS) is 12.0. The van der Waals surface area contributed by atoms with Gasteiger partial charge in [-0.05, 0) is 28.1 Å². The lowest BCUT2D eigenvalue weighted by molar-refractivity contribution is 0.0688. The molecule has 2 heterocycles. The molecule has 0 saturated heterocycles. The lowest BCUT2D eigenvalue weighted by Gasteiger charge is -2.17. The van der Waals surface area contributed by atoms with Crippen LogP contribution in [0, 0.1) is 0 Å². The number of carboxylic acids is 1. The molecule has 0 fully saturated rings. The highest BCUT2D eigenvalue weighted by Gasteiger charge is 2.24. The van der Waals surface area contributed by atoms with E-state index in [4.69, 9.17) is 0 Å². The molecule has 0 amide bonds. The number of carbonyl (C=O) groups is 1. The molecule has 0 unspecified atom stereocenters. The molecule has 0 aliphatic rings. The Kier molecular flexibility index (Phi) is 2.73. The zero-order chi connectivity index (χ0) is 12.8. The second-order valence-electron chi connectivity index (χ2n) is 4.91. The van der Waals surface area contributed by atoms with Crippen molar-refractivity contribution in [2.75, 3.05) is 0 Å². The molecule has 17 heavy (non-hydrogen) atoms. The number of pyridine rings is 1. The minimum atomic E-state index is -0.953. The first-order valence-corrected chi connectivity index (χ1v) is 6.02. The summed E-state index contributed by atoms with van der Waals surface area (Å²) in [5.41, 5.74) is 0.779. The van der Waals surface area contributed by atoms with Crippen molar-refractivity contribution in [1.82, 2.24) is 9.38 Å². The maximum Gasteiger partial charge on any atom is 0.352 e. The third kappa shape index (κ3) is 1.95. The zero-order valence-corrected chi connectivity index (χ0v) is 11.4. The van der Waals surface area contributed by atoms with Crippen LogP contribution in [0.2, 0.25) is 0 Å². The van der Waals surface area contributed by atoms with E-state index in [0.717, 1.165) is 11.3 Å². The number of aromatic carboxylic acids is 1. The fraction of sp³-hybridized carbons (Fsp3) is 0.333. The number of halogens is 1. The summed E-state index contributed by atoms with van der Waals surface area (Å²) in [7, 11) is 0. The van der Waals surface area contributed by atoms with Crippen molar-refractivity contribution in [1.29, 1.82) is 0 Å². The van der Waals surface area contributed by atoms with Crippen LogP contribution in [0.15, 0.2) is 22.8 Å². The summed E-state index contributed by atoms with van der Waals surface area (Å²) in [5, 5.41) is 9.22. The first-order chi connectivity index (χ1) is 7.82. The van der Waals surface area contributed by atoms with Gasteiger partial charge in [-0.1, -0.05) is 26.8 Å². The highest BCUT2D eigenvalue weighted by Crippen LogP contribution is 2.28. The number of hydrogen-bond donors (Lipinski definition) is 1. The fourth-order valence-electron chi connectivity index (χ4n) is 1.77. The van der Waals surface area contributed by atoms with E-state index in [0.29, 0.717) is 4.60 Å². The maximum absolute atomic E-state index is 11.2. The zero-order valence-electron chi connectivity index (χ0n) is 9.86. The van der Waals surface area contributed by atoms with Crippen LogP contribution in [0.1, 0.15) is 37.1 Å². The first kappa shape index (κ1) is 12.1. The predicted molar refractivity (Wildman–Crippen MR) is 68.6 cm³/mol. The summed E-state index contributed by atoms with van der Waals surface area (Å²) in [6.45, 7) is 6.02. The molecule has 0 aliphatic carbocycles. The molecule has 0 radical (unpaired) electrons. The van der Waals surface area contributed by atoms with E-state index in [1.54, 1.807) is 16.5 Å². The minimum Gasteiger partial charge on any atom is -0.477 e. The van der Waals surface area contributed by atoms with Gasteiger partial charge in [-0.2, -0.15) is 0 Å². The molecule has 0 bridgehead atoms. The SMILES string of the molecule is CC(C)(C)c1nc(Br)c2cccc(C(=O)O)n12. The van der Waals surface area contributed by atoms with Crippen LogP contribution in [-0.4, -0.2) is 20.5 Å². The molecule has 0 spiro atoms. The third-order valence-corrected chi connectivity index (χ3v) is 3.09. The van der Waals surface area contributed by atoms with Crippen LogP contribution in [0.3, 0.4) is 0 Å². The van der Waals surface area contributed by atoms with Crippen LogP contribution in [-0.2, 0) is 5.41 Å². The van der Waals surface area contributed by atoms with Gasteiger partial charge in [-0.3, -0.25) is 4.40 Å². The second kappa shape index (κ2) is 3.84. The van der Waals surface area contributed by atoms with Crippen molar-refractivity contribution in [2.24, 2.45) is 0 Å². The number of rotatable bonds is 1. The number of nitrogens with zero attached hydrogens (tertiary/aromatic N) is 2. The van der Waals surface area contributed by atoms with E-state index in [-0.39, 0.29) is 11.1 Å². The summed E-state index contributed by atoms with van der Waals surface area (Å²) in [5.74, 6) is -0.219. The highest BCUT2D eigenvalue weighted by molar-refractivity contribution is 9.10. The molecule has 1 N–H and O–H groups in total. The largest absolute Gasteiger partial charge is 0.477 e. The van der Waals surface area contributed by atoms with E-state index in [1.165, 1.54) is 0 Å². The number of fused-ring (bicyclic) bond motifs is 1. The van der Waals surface area contributed by atoms with Gasteiger partial charge in [0.05, 0.1) is 5.52 Å². The summed E-state index contributed by atoms with van der Waals surface area (Å²) < 4.78 is 2.36. The van der Waals surface area contributed by atoms with E-state index < -0.39 is 5.97 Å². The van der Waals surface area contributed by atoms with Crippen molar-refractivity contribution in [3.05, 3.63) is 34.3 Å². The molecular formula is C12H13BrN2O2. The van der Waals surface area contributed by atoms with Gasteiger partial charge in [0.2, 0.25) is 0 Å². The van der Waals surface area contributed by atoms with Gasteiger partial charge < -0.3 is 5.11 Å². The standard InChI is InChI=1S/C12H13BrN2O2/c1-12(2,3)11-14-9(13)7-5-4-6-8(10(16)17)15(7)11/h4-6H,1-3H3,(H,16,17). The first-order valence-electron chi connectivity index (χ1n) is 5.23. The summed E-state index contributed by atoms with van der Waals surface area (Å²) >= 11 is 3.37. The minimum absolute atomic E-state index is 0.222. The molecule has 4 nitrogen and oxygen atoms in total. The lowest BCUT2D eigenvalue weighted by atomic mass is 9.96. The van der Waals surface area contributed by atoms with E-state index >= 15 is 0 Å². The Morgan fingerprint density at radius 1 is 1.41 bits per heavy atom. The Balaban J connectivity index is 2.91. The van der Waals surface area contributed by atoms with Gasteiger partial charge >= 0.3 is 5.97 Å². The van der Waals surface area contributed by atoms with Gasteiger partial charge in [-0.25, -0.2) is 9.78 Å². The molecule has 0 saturated carbocycles. The molecule has 2 rings (SSSR count).